The van der Waals surface area contributed by atoms with Crippen LogP contribution in [-0.4, -0.2) is 10.9 Å². The first-order valence-electron chi connectivity index (χ1n) is 7.63. The average Bonchev–Trinajstić information content (AvgIpc) is 2.60. The number of halogens is 1. The summed E-state index contributed by atoms with van der Waals surface area (Å²) in [5.41, 5.74) is 2.34. The van der Waals surface area contributed by atoms with Crippen molar-refractivity contribution in [2.75, 3.05) is 0 Å². The average molecular weight is 358 g/mol. The molecule has 2 aromatic carbocycles. The van der Waals surface area contributed by atoms with Crippen LogP contribution in [0.4, 0.5) is 0 Å². The third-order valence-corrected chi connectivity index (χ3v) is 4.15. The molecular formula is C19H16ClNO4. The number of oxime groups is 1. The Morgan fingerprint density at radius 3 is 2.64 bits per heavy atom. The Hall–Kier alpha value is -2.79. The Kier molecular flexibility index (Phi) is 4.76. The van der Waals surface area contributed by atoms with Crippen LogP contribution in [-0.2, 0) is 6.61 Å². The molecule has 0 amide bonds. The van der Waals surface area contributed by atoms with E-state index >= 15 is 0 Å². The number of benzene rings is 2. The van der Waals surface area contributed by atoms with Gasteiger partial charge in [0.25, 0.3) is 0 Å². The Balaban J connectivity index is 2.08. The van der Waals surface area contributed by atoms with Crippen molar-refractivity contribution in [3.05, 3.63) is 74.6 Å². The fourth-order valence-corrected chi connectivity index (χ4v) is 2.75. The Morgan fingerprint density at radius 1 is 1.24 bits per heavy atom. The second-order valence-corrected chi connectivity index (χ2v) is 6.10. The molecular weight excluding hydrogens is 342 g/mol. The normalized spacial score (nSPS) is 11.7. The summed E-state index contributed by atoms with van der Waals surface area (Å²) < 4.78 is 11.2. The van der Waals surface area contributed by atoms with E-state index in [0.717, 1.165) is 16.5 Å². The van der Waals surface area contributed by atoms with Gasteiger partial charge in [0.15, 0.2) is 5.58 Å². The van der Waals surface area contributed by atoms with E-state index in [9.17, 15) is 10.0 Å². The molecule has 1 heterocycles. The van der Waals surface area contributed by atoms with Crippen LogP contribution >= 0.6 is 11.6 Å². The Bertz CT molecular complexity index is 1010. The second kappa shape index (κ2) is 6.99. The number of rotatable bonds is 4. The highest BCUT2D eigenvalue weighted by molar-refractivity contribution is 6.30. The fourth-order valence-electron chi connectivity index (χ4n) is 2.62. The maximum absolute atomic E-state index is 11.8. The molecule has 0 aliphatic heterocycles. The highest BCUT2D eigenvalue weighted by Crippen LogP contribution is 2.30. The lowest BCUT2D eigenvalue weighted by Gasteiger charge is -2.13. The summed E-state index contributed by atoms with van der Waals surface area (Å²) in [7, 11) is 0. The van der Waals surface area contributed by atoms with Gasteiger partial charge in [-0.1, -0.05) is 28.9 Å². The minimum absolute atomic E-state index is 0.296. The van der Waals surface area contributed by atoms with Crippen molar-refractivity contribution in [1.82, 2.24) is 0 Å². The van der Waals surface area contributed by atoms with Gasteiger partial charge in [-0.15, -0.1) is 0 Å². The highest BCUT2D eigenvalue weighted by atomic mass is 35.5. The molecule has 5 nitrogen and oxygen atoms in total. The van der Waals surface area contributed by atoms with E-state index in [1.54, 1.807) is 25.1 Å². The Labute approximate surface area is 149 Å². The number of ether oxygens (including phenoxy) is 1. The van der Waals surface area contributed by atoms with Crippen LogP contribution in [0.25, 0.3) is 11.0 Å². The molecule has 0 saturated heterocycles. The van der Waals surface area contributed by atoms with E-state index in [0.29, 0.717) is 34.2 Å². The molecule has 0 fully saturated rings. The minimum atomic E-state index is -0.466. The molecule has 0 atom stereocenters. The third kappa shape index (κ3) is 3.51. The molecule has 0 saturated carbocycles. The van der Waals surface area contributed by atoms with E-state index in [1.165, 1.54) is 6.07 Å². The van der Waals surface area contributed by atoms with E-state index in [4.69, 9.17) is 20.8 Å². The van der Waals surface area contributed by atoms with Crippen molar-refractivity contribution >= 4 is 28.3 Å². The summed E-state index contributed by atoms with van der Waals surface area (Å²) in [6.07, 6.45) is 0. The van der Waals surface area contributed by atoms with Crippen molar-refractivity contribution in [3.8, 4) is 5.75 Å². The van der Waals surface area contributed by atoms with E-state index in [2.05, 4.69) is 5.16 Å². The van der Waals surface area contributed by atoms with Crippen LogP contribution < -0.4 is 10.4 Å². The summed E-state index contributed by atoms with van der Waals surface area (Å²) in [4.78, 5) is 11.8. The maximum atomic E-state index is 11.8. The quantitative estimate of drug-likeness (QED) is 0.322. The number of aryl methyl sites for hydroxylation is 1. The zero-order valence-electron chi connectivity index (χ0n) is 13.7. The molecule has 0 bridgehead atoms. The monoisotopic (exact) mass is 357 g/mol. The van der Waals surface area contributed by atoms with Crippen LogP contribution in [0.5, 0.6) is 5.75 Å². The lowest BCUT2D eigenvalue weighted by Crippen LogP contribution is -2.06. The highest BCUT2D eigenvalue weighted by Gasteiger charge is 2.17. The zero-order chi connectivity index (χ0) is 18.0. The predicted molar refractivity (Wildman–Crippen MR) is 97.0 cm³/mol. The summed E-state index contributed by atoms with van der Waals surface area (Å²) >= 11 is 5.88. The first kappa shape index (κ1) is 17.0. The summed E-state index contributed by atoms with van der Waals surface area (Å²) in [5, 5.41) is 13.9. The second-order valence-electron chi connectivity index (χ2n) is 5.66. The van der Waals surface area contributed by atoms with Gasteiger partial charge in [-0.2, -0.15) is 0 Å². The molecule has 0 aliphatic rings. The van der Waals surface area contributed by atoms with Gasteiger partial charge in [0.2, 0.25) is 0 Å². The van der Waals surface area contributed by atoms with E-state index in [1.807, 2.05) is 25.1 Å². The summed E-state index contributed by atoms with van der Waals surface area (Å²) in [6.45, 7) is 3.74. The molecule has 1 N–H and O–H groups in total. The topological polar surface area (TPSA) is 72.0 Å². The molecule has 0 aliphatic carbocycles. The van der Waals surface area contributed by atoms with Gasteiger partial charge >= 0.3 is 5.63 Å². The molecule has 3 aromatic rings. The van der Waals surface area contributed by atoms with Crippen LogP contribution in [0, 0.1) is 6.92 Å². The van der Waals surface area contributed by atoms with Gasteiger partial charge in [-0.3, -0.25) is 0 Å². The van der Waals surface area contributed by atoms with Gasteiger partial charge < -0.3 is 14.4 Å². The molecule has 1 aromatic heterocycles. The molecule has 6 heteroatoms. The van der Waals surface area contributed by atoms with Gasteiger partial charge in [0, 0.05) is 16.5 Å². The molecule has 128 valence electrons. The van der Waals surface area contributed by atoms with Gasteiger partial charge in [-0.25, -0.2) is 4.79 Å². The molecule has 25 heavy (non-hydrogen) atoms. The fraction of sp³-hybridized carbons (Fsp3) is 0.158. The number of nitrogens with zero attached hydrogens (tertiary/aromatic N) is 1. The standard InChI is InChI=1S/C19H16ClNO4/c1-11-9-17(22)25-19-15(11)7-8-16(18(19)12(2)21-23)24-10-13-3-5-14(20)6-4-13/h3-9,23H,10H2,1-2H3. The summed E-state index contributed by atoms with van der Waals surface area (Å²) in [6, 6.07) is 12.3. The predicted octanol–water partition coefficient (Wildman–Crippen LogP) is 4.53. The minimum Gasteiger partial charge on any atom is -0.488 e. The van der Waals surface area contributed by atoms with Gasteiger partial charge in [-0.05, 0) is 49.2 Å². The van der Waals surface area contributed by atoms with E-state index in [-0.39, 0.29) is 0 Å². The summed E-state index contributed by atoms with van der Waals surface area (Å²) in [5.74, 6) is 0.464. The van der Waals surface area contributed by atoms with Crippen molar-refractivity contribution in [2.24, 2.45) is 5.16 Å². The Morgan fingerprint density at radius 2 is 1.96 bits per heavy atom. The lowest BCUT2D eigenvalue weighted by molar-refractivity contribution is 0.303. The van der Waals surface area contributed by atoms with Crippen LogP contribution in [0.2, 0.25) is 5.02 Å². The molecule has 0 spiro atoms. The van der Waals surface area contributed by atoms with Crippen molar-refractivity contribution in [3.63, 3.8) is 0 Å². The zero-order valence-corrected chi connectivity index (χ0v) is 14.5. The van der Waals surface area contributed by atoms with Gasteiger partial charge in [0.1, 0.15) is 12.4 Å². The largest absolute Gasteiger partial charge is 0.488 e. The molecule has 0 radical (unpaired) electrons. The molecule has 3 rings (SSSR count). The first-order valence-corrected chi connectivity index (χ1v) is 8.01. The van der Waals surface area contributed by atoms with Crippen LogP contribution in [0.15, 0.2) is 56.8 Å². The van der Waals surface area contributed by atoms with E-state index < -0.39 is 5.63 Å². The number of hydrogen-bond donors (Lipinski definition) is 1. The van der Waals surface area contributed by atoms with Crippen LogP contribution in [0.3, 0.4) is 0 Å². The van der Waals surface area contributed by atoms with Crippen molar-refractivity contribution < 1.29 is 14.4 Å². The first-order chi connectivity index (χ1) is 12.0. The lowest BCUT2D eigenvalue weighted by atomic mass is 10.0. The van der Waals surface area contributed by atoms with Gasteiger partial charge in [0.05, 0.1) is 11.3 Å². The van der Waals surface area contributed by atoms with Crippen molar-refractivity contribution in [2.45, 2.75) is 20.5 Å². The molecule has 0 unspecified atom stereocenters. The maximum Gasteiger partial charge on any atom is 0.336 e. The smallest absolute Gasteiger partial charge is 0.336 e. The van der Waals surface area contributed by atoms with Crippen molar-refractivity contribution in [1.29, 1.82) is 0 Å². The SMILES string of the molecule is CC(=NO)c1c(OCc2ccc(Cl)cc2)ccc2c(C)cc(=O)oc12. The number of hydrogen-bond acceptors (Lipinski definition) is 5. The third-order valence-electron chi connectivity index (χ3n) is 3.90. The van der Waals surface area contributed by atoms with Crippen LogP contribution in [0.1, 0.15) is 23.6 Å². The number of fused-ring (bicyclic) bond motifs is 1.